The highest BCUT2D eigenvalue weighted by Gasteiger charge is 2.26. The Morgan fingerprint density at radius 1 is 1.33 bits per heavy atom. The Balaban J connectivity index is 1.56. The summed E-state index contributed by atoms with van der Waals surface area (Å²) >= 11 is 0. The predicted molar refractivity (Wildman–Crippen MR) is 79.2 cm³/mol. The van der Waals surface area contributed by atoms with Crippen molar-refractivity contribution in [2.24, 2.45) is 0 Å². The van der Waals surface area contributed by atoms with E-state index in [1.165, 1.54) is 12.0 Å². The van der Waals surface area contributed by atoms with E-state index in [4.69, 9.17) is 4.74 Å². The molecule has 1 aromatic heterocycles. The fourth-order valence-electron chi connectivity index (χ4n) is 3.38. The molecule has 3 heterocycles. The number of benzene rings is 1. The number of fused-ring (bicyclic) bond motifs is 2. The first-order valence-electron chi connectivity index (χ1n) is 7.72. The first-order chi connectivity index (χ1) is 10.3. The van der Waals surface area contributed by atoms with Crippen molar-refractivity contribution in [1.82, 2.24) is 20.1 Å². The van der Waals surface area contributed by atoms with E-state index >= 15 is 0 Å². The van der Waals surface area contributed by atoms with Crippen molar-refractivity contribution >= 4 is 0 Å². The number of rotatable bonds is 3. The average Bonchev–Trinajstić information content (AvgIpc) is 3.10. The Hall–Kier alpha value is -1.88. The highest BCUT2D eigenvalue weighted by molar-refractivity contribution is 5.37. The molecule has 2 aliphatic rings. The van der Waals surface area contributed by atoms with Crippen LogP contribution in [0.2, 0.25) is 0 Å². The molecule has 0 radical (unpaired) electrons. The zero-order valence-corrected chi connectivity index (χ0v) is 12.2. The highest BCUT2D eigenvalue weighted by atomic mass is 16.5. The second-order valence-electron chi connectivity index (χ2n) is 5.85. The molecule has 0 saturated carbocycles. The minimum atomic E-state index is 0.195. The van der Waals surface area contributed by atoms with Crippen molar-refractivity contribution in [1.29, 1.82) is 0 Å². The normalized spacial score (nSPS) is 21.5. The van der Waals surface area contributed by atoms with E-state index in [1.807, 2.05) is 12.1 Å². The average molecular weight is 284 g/mol. The van der Waals surface area contributed by atoms with Gasteiger partial charge in [0.1, 0.15) is 17.4 Å². The predicted octanol–water partition coefficient (Wildman–Crippen LogP) is 2.40. The van der Waals surface area contributed by atoms with Gasteiger partial charge in [0.2, 0.25) is 0 Å². The van der Waals surface area contributed by atoms with Crippen LogP contribution in [-0.4, -0.2) is 21.4 Å². The van der Waals surface area contributed by atoms with Crippen molar-refractivity contribution in [3.63, 3.8) is 0 Å². The lowest BCUT2D eigenvalue weighted by Gasteiger charge is -2.29. The topological polar surface area (TPSA) is 52.0 Å². The SMILES string of the molecule is CC(NC1CCOc2ccccc21)c1nnc2n1CCC2. The van der Waals surface area contributed by atoms with Gasteiger partial charge in [0.05, 0.1) is 12.6 Å². The summed E-state index contributed by atoms with van der Waals surface area (Å²) in [6, 6.07) is 8.80. The number of aryl methyl sites for hydroxylation is 1. The monoisotopic (exact) mass is 284 g/mol. The molecule has 0 aliphatic carbocycles. The lowest BCUT2D eigenvalue weighted by atomic mass is 10.00. The molecule has 5 heteroatoms. The molecule has 4 rings (SSSR count). The molecule has 1 N–H and O–H groups in total. The van der Waals surface area contributed by atoms with Crippen LogP contribution in [0.15, 0.2) is 24.3 Å². The van der Waals surface area contributed by atoms with Gasteiger partial charge in [-0.3, -0.25) is 0 Å². The second-order valence-corrected chi connectivity index (χ2v) is 5.85. The van der Waals surface area contributed by atoms with Crippen molar-refractivity contribution in [3.05, 3.63) is 41.5 Å². The number of nitrogens with one attached hydrogen (secondary N) is 1. The van der Waals surface area contributed by atoms with Crippen LogP contribution in [0.1, 0.15) is 49.1 Å². The van der Waals surface area contributed by atoms with Crippen molar-refractivity contribution in [2.45, 2.75) is 44.8 Å². The molecule has 2 aromatic rings. The molecule has 21 heavy (non-hydrogen) atoms. The lowest BCUT2D eigenvalue weighted by molar-refractivity contribution is 0.244. The molecule has 0 amide bonds. The Morgan fingerprint density at radius 2 is 2.24 bits per heavy atom. The van der Waals surface area contributed by atoms with Crippen LogP contribution in [0.4, 0.5) is 0 Å². The largest absolute Gasteiger partial charge is 0.493 e. The molecular formula is C16H20N4O. The van der Waals surface area contributed by atoms with E-state index < -0.39 is 0 Å². The highest BCUT2D eigenvalue weighted by Crippen LogP contribution is 2.33. The van der Waals surface area contributed by atoms with Crippen molar-refractivity contribution in [3.8, 4) is 5.75 Å². The van der Waals surface area contributed by atoms with Crippen LogP contribution in [0.5, 0.6) is 5.75 Å². The third-order valence-electron chi connectivity index (χ3n) is 4.44. The molecule has 0 saturated heterocycles. The van der Waals surface area contributed by atoms with E-state index in [0.29, 0.717) is 6.04 Å². The van der Waals surface area contributed by atoms with Crippen LogP contribution in [0, 0.1) is 0 Å². The first-order valence-corrected chi connectivity index (χ1v) is 7.72. The zero-order valence-electron chi connectivity index (χ0n) is 12.2. The van der Waals surface area contributed by atoms with Crippen LogP contribution in [0.25, 0.3) is 0 Å². The fraction of sp³-hybridized carbons (Fsp3) is 0.500. The van der Waals surface area contributed by atoms with E-state index in [2.05, 4.69) is 39.1 Å². The first kappa shape index (κ1) is 12.8. The third kappa shape index (κ3) is 2.21. The van der Waals surface area contributed by atoms with Gasteiger partial charge in [-0.05, 0) is 19.4 Å². The second kappa shape index (κ2) is 5.15. The molecule has 1 aromatic carbocycles. The van der Waals surface area contributed by atoms with Gasteiger partial charge in [-0.1, -0.05) is 18.2 Å². The summed E-state index contributed by atoms with van der Waals surface area (Å²) in [7, 11) is 0. The van der Waals surface area contributed by atoms with Crippen LogP contribution in [0.3, 0.4) is 0 Å². The molecule has 2 unspecified atom stereocenters. The minimum Gasteiger partial charge on any atom is -0.493 e. The van der Waals surface area contributed by atoms with Gasteiger partial charge < -0.3 is 14.6 Å². The maximum atomic E-state index is 5.73. The van der Waals surface area contributed by atoms with Gasteiger partial charge in [-0.2, -0.15) is 0 Å². The van der Waals surface area contributed by atoms with Gasteiger partial charge in [-0.15, -0.1) is 10.2 Å². The molecule has 0 fully saturated rings. The number of ether oxygens (including phenoxy) is 1. The lowest BCUT2D eigenvalue weighted by Crippen LogP contribution is -2.30. The summed E-state index contributed by atoms with van der Waals surface area (Å²) in [4.78, 5) is 0. The number of para-hydroxylation sites is 1. The maximum Gasteiger partial charge on any atom is 0.149 e. The van der Waals surface area contributed by atoms with E-state index in [0.717, 1.165) is 43.4 Å². The standard InChI is InChI=1S/C16H20N4O/c1-11(16-19-18-15-7-4-9-20(15)16)17-13-8-10-21-14-6-3-2-5-12(13)14/h2-3,5-6,11,13,17H,4,7-10H2,1H3. The number of hydrogen-bond acceptors (Lipinski definition) is 4. The Morgan fingerprint density at radius 3 is 3.19 bits per heavy atom. The third-order valence-corrected chi connectivity index (χ3v) is 4.44. The van der Waals surface area contributed by atoms with Crippen LogP contribution in [-0.2, 0) is 13.0 Å². The quantitative estimate of drug-likeness (QED) is 0.940. The molecule has 2 atom stereocenters. The Bertz CT molecular complexity index is 651. The molecule has 5 nitrogen and oxygen atoms in total. The molecule has 0 bridgehead atoms. The summed E-state index contributed by atoms with van der Waals surface area (Å²) in [6.45, 7) is 3.99. The van der Waals surface area contributed by atoms with Gasteiger partial charge >= 0.3 is 0 Å². The fourth-order valence-corrected chi connectivity index (χ4v) is 3.38. The van der Waals surface area contributed by atoms with Gasteiger partial charge in [-0.25, -0.2) is 0 Å². The summed E-state index contributed by atoms with van der Waals surface area (Å²) in [6.07, 6.45) is 3.23. The van der Waals surface area contributed by atoms with Crippen LogP contribution >= 0.6 is 0 Å². The van der Waals surface area contributed by atoms with E-state index in [-0.39, 0.29) is 6.04 Å². The Labute approximate surface area is 124 Å². The Kier molecular flexibility index (Phi) is 3.15. The summed E-state index contributed by atoms with van der Waals surface area (Å²) in [5, 5.41) is 12.4. The van der Waals surface area contributed by atoms with Gasteiger partial charge in [0, 0.05) is 31.0 Å². The summed E-state index contributed by atoms with van der Waals surface area (Å²) in [5.41, 5.74) is 1.25. The van der Waals surface area contributed by atoms with E-state index in [1.54, 1.807) is 0 Å². The minimum absolute atomic E-state index is 0.195. The van der Waals surface area contributed by atoms with Gasteiger partial charge in [0.25, 0.3) is 0 Å². The number of hydrogen-bond donors (Lipinski definition) is 1. The van der Waals surface area contributed by atoms with E-state index in [9.17, 15) is 0 Å². The van der Waals surface area contributed by atoms with Crippen molar-refractivity contribution < 1.29 is 4.74 Å². The number of aromatic nitrogens is 3. The molecule has 110 valence electrons. The van der Waals surface area contributed by atoms with Crippen molar-refractivity contribution in [2.75, 3.05) is 6.61 Å². The smallest absolute Gasteiger partial charge is 0.149 e. The van der Waals surface area contributed by atoms with Gasteiger partial charge in [0.15, 0.2) is 0 Å². The zero-order chi connectivity index (χ0) is 14.2. The number of nitrogens with zero attached hydrogens (tertiary/aromatic N) is 3. The molecule has 2 aliphatic heterocycles. The molecule has 0 spiro atoms. The maximum absolute atomic E-state index is 5.73. The molecular weight excluding hydrogens is 264 g/mol. The van der Waals surface area contributed by atoms with Crippen LogP contribution < -0.4 is 10.1 Å². The summed E-state index contributed by atoms with van der Waals surface area (Å²) < 4.78 is 7.99. The summed E-state index contributed by atoms with van der Waals surface area (Å²) in [5.74, 6) is 3.19.